The molecule has 1 aliphatic rings. The summed E-state index contributed by atoms with van der Waals surface area (Å²) in [6.45, 7) is 6.56. The van der Waals surface area contributed by atoms with Crippen LogP contribution in [0.1, 0.15) is 13.8 Å². The Morgan fingerprint density at radius 2 is 1.79 bits per heavy atom. The number of benzene rings is 2. The molecule has 1 saturated heterocycles. The lowest BCUT2D eigenvalue weighted by atomic mass is 10.2. The maximum Gasteiger partial charge on any atom is 0.243 e. The quantitative estimate of drug-likeness (QED) is 0.692. The second kappa shape index (κ2) is 7.78. The maximum absolute atomic E-state index is 13.0. The summed E-state index contributed by atoms with van der Waals surface area (Å²) in [6, 6.07) is 12.0. The molecule has 0 radical (unpaired) electrons. The Balaban J connectivity index is 1.82. The molecular weight excluding hydrogens is 390 g/mol. The van der Waals surface area contributed by atoms with Crippen LogP contribution < -0.4 is 0 Å². The van der Waals surface area contributed by atoms with E-state index in [1.807, 2.05) is 18.2 Å². The van der Waals surface area contributed by atoms with E-state index in [9.17, 15) is 13.5 Å². The second-order valence-corrected chi connectivity index (χ2v) is 9.59. The van der Waals surface area contributed by atoms with Crippen molar-refractivity contribution in [2.45, 2.75) is 25.3 Å². The monoisotopic (exact) mass is 415 g/mol. The van der Waals surface area contributed by atoms with Crippen LogP contribution in [-0.2, 0) is 21.3 Å². The van der Waals surface area contributed by atoms with Gasteiger partial charge in [0.05, 0.1) is 29.1 Å². The van der Waals surface area contributed by atoms with Crippen LogP contribution in [0.3, 0.4) is 0 Å². The average Bonchev–Trinajstić information content (AvgIpc) is 3.06. The minimum absolute atomic E-state index is 0.194. The first-order chi connectivity index (χ1) is 13.9. The third-order valence-corrected chi connectivity index (χ3v) is 6.90. The Bertz CT molecular complexity index is 1110. The van der Waals surface area contributed by atoms with Crippen molar-refractivity contribution in [2.75, 3.05) is 26.3 Å². The first-order valence-electron chi connectivity index (χ1n) is 9.74. The lowest BCUT2D eigenvalue weighted by molar-refractivity contribution is 0.0730. The minimum atomic E-state index is -3.58. The number of hydrogen-bond donors (Lipinski definition) is 1. The van der Waals surface area contributed by atoms with Gasteiger partial charge in [-0.05, 0) is 48.4 Å². The molecule has 29 heavy (non-hydrogen) atoms. The van der Waals surface area contributed by atoms with Crippen LogP contribution in [0.4, 0.5) is 0 Å². The van der Waals surface area contributed by atoms with Gasteiger partial charge >= 0.3 is 0 Å². The molecule has 0 amide bonds. The van der Waals surface area contributed by atoms with Gasteiger partial charge in [0.2, 0.25) is 10.0 Å². The van der Waals surface area contributed by atoms with Gasteiger partial charge in [-0.1, -0.05) is 13.8 Å². The van der Waals surface area contributed by atoms with Gasteiger partial charge in [-0.15, -0.1) is 0 Å². The molecule has 1 fully saturated rings. The summed E-state index contributed by atoms with van der Waals surface area (Å²) in [5, 5.41) is 9.60. The smallest absolute Gasteiger partial charge is 0.243 e. The summed E-state index contributed by atoms with van der Waals surface area (Å²) in [7, 11) is -3.58. The Kier molecular flexibility index (Phi) is 5.33. The molecular formula is C21H25N3O4S. The van der Waals surface area contributed by atoms with Crippen molar-refractivity contribution in [3.05, 3.63) is 42.5 Å². The van der Waals surface area contributed by atoms with Crippen LogP contribution in [0, 0.1) is 5.92 Å². The van der Waals surface area contributed by atoms with Gasteiger partial charge in [0.25, 0.3) is 0 Å². The largest absolute Gasteiger partial charge is 0.508 e. The van der Waals surface area contributed by atoms with Gasteiger partial charge < -0.3 is 14.4 Å². The zero-order valence-corrected chi connectivity index (χ0v) is 17.4. The average molecular weight is 416 g/mol. The number of hydrogen-bond acceptors (Lipinski definition) is 5. The third kappa shape index (κ3) is 3.88. The van der Waals surface area contributed by atoms with Gasteiger partial charge in [0, 0.05) is 25.2 Å². The summed E-state index contributed by atoms with van der Waals surface area (Å²) >= 11 is 0. The molecule has 0 aliphatic carbocycles. The van der Waals surface area contributed by atoms with Crippen molar-refractivity contribution in [1.29, 1.82) is 0 Å². The van der Waals surface area contributed by atoms with Crippen LogP contribution in [0.15, 0.2) is 47.4 Å². The molecule has 0 saturated carbocycles. The molecule has 2 heterocycles. The minimum Gasteiger partial charge on any atom is -0.508 e. The molecule has 154 valence electrons. The molecule has 0 spiro atoms. The second-order valence-electron chi connectivity index (χ2n) is 7.65. The highest BCUT2D eigenvalue weighted by molar-refractivity contribution is 7.89. The molecule has 1 aromatic heterocycles. The van der Waals surface area contributed by atoms with E-state index in [1.54, 1.807) is 24.3 Å². The fourth-order valence-electron chi connectivity index (χ4n) is 3.59. The Morgan fingerprint density at radius 3 is 2.45 bits per heavy atom. The van der Waals surface area contributed by atoms with Crippen LogP contribution in [0.2, 0.25) is 0 Å². The van der Waals surface area contributed by atoms with E-state index in [-0.39, 0.29) is 10.6 Å². The topological polar surface area (TPSA) is 84.7 Å². The van der Waals surface area contributed by atoms with E-state index in [0.29, 0.717) is 37.7 Å². The summed E-state index contributed by atoms with van der Waals surface area (Å²) in [5.41, 5.74) is 2.41. The van der Waals surface area contributed by atoms with E-state index < -0.39 is 10.0 Å². The van der Waals surface area contributed by atoms with Gasteiger partial charge in [-0.25, -0.2) is 13.4 Å². The number of fused-ring (bicyclic) bond motifs is 1. The van der Waals surface area contributed by atoms with Crippen molar-refractivity contribution >= 4 is 21.1 Å². The number of rotatable bonds is 5. The maximum atomic E-state index is 13.0. The lowest BCUT2D eigenvalue weighted by Gasteiger charge is -2.26. The summed E-state index contributed by atoms with van der Waals surface area (Å²) < 4.78 is 34.9. The molecule has 4 rings (SSSR count). The highest BCUT2D eigenvalue weighted by Gasteiger charge is 2.27. The SMILES string of the molecule is CC(C)Cn1c(-c2ccc(O)cc2)nc2cc(S(=O)(=O)N3CCOCC3)ccc21. The molecule has 0 atom stereocenters. The highest BCUT2D eigenvalue weighted by atomic mass is 32.2. The van der Waals surface area contributed by atoms with Crippen molar-refractivity contribution in [2.24, 2.45) is 5.92 Å². The van der Waals surface area contributed by atoms with E-state index in [1.165, 1.54) is 4.31 Å². The summed E-state index contributed by atoms with van der Waals surface area (Å²) in [5.74, 6) is 1.34. The lowest BCUT2D eigenvalue weighted by Crippen LogP contribution is -2.40. The number of aromatic hydroxyl groups is 1. The van der Waals surface area contributed by atoms with E-state index in [0.717, 1.165) is 23.4 Å². The fourth-order valence-corrected chi connectivity index (χ4v) is 5.02. The molecule has 2 aromatic carbocycles. The van der Waals surface area contributed by atoms with Gasteiger partial charge in [-0.3, -0.25) is 0 Å². The Labute approximate surface area is 170 Å². The number of morpholine rings is 1. The number of sulfonamides is 1. The predicted octanol–water partition coefficient (Wildman–Crippen LogP) is 3.09. The van der Waals surface area contributed by atoms with Gasteiger partial charge in [-0.2, -0.15) is 4.31 Å². The number of phenolic OH excluding ortho intramolecular Hbond substituents is 1. The van der Waals surface area contributed by atoms with E-state index in [4.69, 9.17) is 9.72 Å². The van der Waals surface area contributed by atoms with Crippen LogP contribution in [0.25, 0.3) is 22.4 Å². The standard InChI is InChI=1S/C21H25N3O4S/c1-15(2)14-24-20-8-7-18(29(26,27)23-9-11-28-12-10-23)13-19(20)22-21(24)16-3-5-17(25)6-4-16/h3-8,13,15,25H,9-12,14H2,1-2H3. The van der Waals surface area contributed by atoms with E-state index >= 15 is 0 Å². The zero-order valence-electron chi connectivity index (χ0n) is 16.6. The Morgan fingerprint density at radius 1 is 1.10 bits per heavy atom. The van der Waals surface area contributed by atoms with Crippen molar-refractivity contribution in [1.82, 2.24) is 13.9 Å². The zero-order chi connectivity index (χ0) is 20.6. The molecule has 7 nitrogen and oxygen atoms in total. The van der Waals surface area contributed by atoms with Gasteiger partial charge in [0.1, 0.15) is 11.6 Å². The van der Waals surface area contributed by atoms with Crippen LogP contribution in [-0.4, -0.2) is 53.7 Å². The fraction of sp³-hybridized carbons (Fsp3) is 0.381. The normalized spacial score (nSPS) is 16.0. The number of nitrogens with zero attached hydrogens (tertiary/aromatic N) is 3. The number of phenols is 1. The van der Waals surface area contributed by atoms with Crippen LogP contribution in [0.5, 0.6) is 5.75 Å². The van der Waals surface area contributed by atoms with E-state index in [2.05, 4.69) is 18.4 Å². The Hall–Kier alpha value is -2.42. The van der Waals surface area contributed by atoms with Crippen molar-refractivity contribution in [3.63, 3.8) is 0 Å². The highest BCUT2D eigenvalue weighted by Crippen LogP contribution is 2.29. The molecule has 8 heteroatoms. The number of imidazole rings is 1. The van der Waals surface area contributed by atoms with Crippen molar-refractivity contribution in [3.8, 4) is 17.1 Å². The first kappa shape index (κ1) is 19.9. The molecule has 0 bridgehead atoms. The molecule has 1 N–H and O–H groups in total. The first-order valence-corrected chi connectivity index (χ1v) is 11.2. The third-order valence-electron chi connectivity index (χ3n) is 5.00. The summed E-state index contributed by atoms with van der Waals surface area (Å²) in [6.07, 6.45) is 0. The molecule has 1 aliphatic heterocycles. The van der Waals surface area contributed by atoms with Crippen LogP contribution >= 0.6 is 0 Å². The summed E-state index contributed by atoms with van der Waals surface area (Å²) in [4.78, 5) is 5.01. The number of aromatic nitrogens is 2. The van der Waals surface area contributed by atoms with Crippen molar-refractivity contribution < 1.29 is 18.3 Å². The molecule has 0 unspecified atom stereocenters. The molecule has 3 aromatic rings. The van der Waals surface area contributed by atoms with Gasteiger partial charge in [0.15, 0.2) is 0 Å². The number of ether oxygens (including phenoxy) is 1. The predicted molar refractivity (Wildman–Crippen MR) is 111 cm³/mol.